The van der Waals surface area contributed by atoms with Crippen LogP contribution < -0.4 is 0 Å². The smallest absolute Gasteiger partial charge is 0.306 e. The van der Waals surface area contributed by atoms with E-state index in [4.69, 9.17) is 0 Å². The Morgan fingerprint density at radius 3 is 2.26 bits per heavy atom. The van der Waals surface area contributed by atoms with Gasteiger partial charge in [0.15, 0.2) is 0 Å². The lowest BCUT2D eigenvalue weighted by atomic mass is 9.79. The largest absolute Gasteiger partial charge is 0.481 e. The predicted molar refractivity (Wildman–Crippen MR) is 90.5 cm³/mol. The third kappa shape index (κ3) is 4.77. The summed E-state index contributed by atoms with van der Waals surface area (Å²) < 4.78 is 0. The van der Waals surface area contributed by atoms with Crippen molar-refractivity contribution in [2.75, 3.05) is 0 Å². The Morgan fingerprint density at radius 2 is 1.78 bits per heavy atom. The lowest BCUT2D eigenvalue weighted by molar-refractivity contribution is -0.145. The molecule has 1 atom stereocenters. The quantitative estimate of drug-likeness (QED) is 0.769. The van der Waals surface area contributed by atoms with Crippen LogP contribution in [0.15, 0.2) is 12.1 Å². The van der Waals surface area contributed by atoms with Gasteiger partial charge in [-0.05, 0) is 62.1 Å². The number of pyridine rings is 1. The molecule has 1 aromatic heterocycles. The molecule has 1 fully saturated rings. The molecule has 23 heavy (non-hydrogen) atoms. The van der Waals surface area contributed by atoms with Gasteiger partial charge in [0.05, 0.1) is 12.0 Å². The Labute approximate surface area is 139 Å². The highest BCUT2D eigenvalue weighted by atomic mass is 16.4. The fourth-order valence-corrected chi connectivity index (χ4v) is 3.75. The molecule has 0 aliphatic heterocycles. The lowest BCUT2D eigenvalue weighted by Crippen LogP contribution is -2.39. The molecule has 0 spiro atoms. The standard InChI is InChI=1S/C19H29NO3/c1-3-16-11-14(12-17(4-2)20-16)9-10-19(23,13-18(21)22)15-7-5-6-8-15/h11-12,15,23H,3-10,13H2,1-2H3,(H,21,22)/t19-/m1/s1. The minimum atomic E-state index is -1.08. The van der Waals surface area contributed by atoms with Crippen LogP contribution in [0.1, 0.15) is 69.3 Å². The number of hydrogen-bond donors (Lipinski definition) is 2. The van der Waals surface area contributed by atoms with Crippen molar-refractivity contribution in [3.63, 3.8) is 0 Å². The van der Waals surface area contributed by atoms with Crippen LogP contribution in [-0.4, -0.2) is 26.8 Å². The molecule has 4 heteroatoms. The number of hydrogen-bond acceptors (Lipinski definition) is 3. The van der Waals surface area contributed by atoms with Crippen molar-refractivity contribution in [3.05, 3.63) is 29.1 Å². The molecule has 4 nitrogen and oxygen atoms in total. The molecule has 0 saturated heterocycles. The van der Waals surface area contributed by atoms with Crippen molar-refractivity contribution in [2.24, 2.45) is 5.92 Å². The zero-order chi connectivity index (χ0) is 16.9. The van der Waals surface area contributed by atoms with Crippen LogP contribution in [0.4, 0.5) is 0 Å². The molecule has 2 N–H and O–H groups in total. The number of aliphatic hydroxyl groups is 1. The Kier molecular flexibility index (Phi) is 6.17. The number of carboxylic acid groups (broad SMARTS) is 1. The van der Waals surface area contributed by atoms with E-state index in [-0.39, 0.29) is 12.3 Å². The highest BCUT2D eigenvalue weighted by Gasteiger charge is 2.39. The van der Waals surface area contributed by atoms with Gasteiger partial charge in [-0.2, -0.15) is 0 Å². The molecule has 0 aromatic carbocycles. The van der Waals surface area contributed by atoms with E-state index in [0.717, 1.165) is 55.5 Å². The van der Waals surface area contributed by atoms with E-state index in [1.807, 2.05) is 0 Å². The third-order valence-electron chi connectivity index (χ3n) is 5.13. The summed E-state index contributed by atoms with van der Waals surface area (Å²) in [7, 11) is 0. The van der Waals surface area contributed by atoms with Crippen LogP contribution in [-0.2, 0) is 24.1 Å². The summed E-state index contributed by atoms with van der Waals surface area (Å²) >= 11 is 0. The van der Waals surface area contributed by atoms with Crippen LogP contribution >= 0.6 is 0 Å². The second-order valence-electron chi connectivity index (χ2n) is 6.82. The van der Waals surface area contributed by atoms with Crippen LogP contribution in [0, 0.1) is 5.92 Å². The summed E-state index contributed by atoms with van der Waals surface area (Å²) in [5, 5.41) is 20.2. The molecule has 1 aliphatic rings. The second kappa shape index (κ2) is 7.91. The molecule has 1 saturated carbocycles. The molecule has 0 amide bonds. The number of rotatable bonds is 8. The maximum absolute atomic E-state index is 11.2. The summed E-state index contributed by atoms with van der Waals surface area (Å²) in [5.41, 5.74) is 2.23. The van der Waals surface area contributed by atoms with Crippen molar-refractivity contribution >= 4 is 5.97 Å². The first-order valence-corrected chi connectivity index (χ1v) is 8.89. The number of aliphatic carboxylic acids is 1. The number of aromatic nitrogens is 1. The molecule has 0 bridgehead atoms. The van der Waals surface area contributed by atoms with Gasteiger partial charge in [-0.1, -0.05) is 26.7 Å². The second-order valence-corrected chi connectivity index (χ2v) is 6.82. The third-order valence-corrected chi connectivity index (χ3v) is 5.13. The molecular weight excluding hydrogens is 290 g/mol. The zero-order valence-corrected chi connectivity index (χ0v) is 14.3. The first-order valence-electron chi connectivity index (χ1n) is 8.89. The minimum absolute atomic E-state index is 0.122. The van der Waals surface area contributed by atoms with Crippen LogP contribution in [0.2, 0.25) is 0 Å². The molecule has 128 valence electrons. The predicted octanol–water partition coefficient (Wildman–Crippen LogP) is 3.54. The average molecular weight is 319 g/mol. The number of nitrogens with zero attached hydrogens (tertiary/aromatic N) is 1. The first-order chi connectivity index (χ1) is 11.0. The average Bonchev–Trinajstić information content (AvgIpc) is 3.07. The summed E-state index contributed by atoms with van der Waals surface area (Å²) in [6.07, 6.45) is 6.95. The molecule has 0 radical (unpaired) electrons. The molecule has 0 unspecified atom stereocenters. The maximum atomic E-state index is 11.2. The Balaban J connectivity index is 2.12. The van der Waals surface area contributed by atoms with Gasteiger partial charge in [-0.3, -0.25) is 9.78 Å². The summed E-state index contributed by atoms with van der Waals surface area (Å²) in [4.78, 5) is 15.8. The molecule has 1 aromatic rings. The van der Waals surface area contributed by atoms with Crippen LogP contribution in [0.3, 0.4) is 0 Å². The number of aryl methyl sites for hydroxylation is 3. The van der Waals surface area contributed by atoms with Crippen LogP contribution in [0.5, 0.6) is 0 Å². The normalized spacial score (nSPS) is 18.0. The van der Waals surface area contributed by atoms with E-state index in [9.17, 15) is 15.0 Å². The fourth-order valence-electron chi connectivity index (χ4n) is 3.75. The molecular formula is C19H29NO3. The highest BCUT2D eigenvalue weighted by molar-refractivity contribution is 5.68. The summed E-state index contributed by atoms with van der Waals surface area (Å²) in [5.74, 6) is -0.783. The number of carboxylic acids is 1. The first kappa shape index (κ1) is 17.9. The van der Waals surface area contributed by atoms with E-state index in [1.165, 1.54) is 0 Å². The molecule has 2 rings (SSSR count). The van der Waals surface area contributed by atoms with E-state index in [1.54, 1.807) is 0 Å². The highest BCUT2D eigenvalue weighted by Crippen LogP contribution is 2.39. The van der Waals surface area contributed by atoms with E-state index >= 15 is 0 Å². The van der Waals surface area contributed by atoms with Crippen molar-refractivity contribution in [1.82, 2.24) is 4.98 Å². The van der Waals surface area contributed by atoms with E-state index in [0.29, 0.717) is 12.8 Å². The van der Waals surface area contributed by atoms with E-state index < -0.39 is 11.6 Å². The zero-order valence-electron chi connectivity index (χ0n) is 14.3. The monoisotopic (exact) mass is 319 g/mol. The Morgan fingerprint density at radius 1 is 1.22 bits per heavy atom. The van der Waals surface area contributed by atoms with Gasteiger partial charge in [-0.25, -0.2) is 0 Å². The van der Waals surface area contributed by atoms with Gasteiger partial charge >= 0.3 is 5.97 Å². The van der Waals surface area contributed by atoms with Gasteiger partial charge in [0, 0.05) is 11.4 Å². The van der Waals surface area contributed by atoms with Crippen molar-refractivity contribution in [2.45, 2.75) is 77.2 Å². The van der Waals surface area contributed by atoms with Crippen molar-refractivity contribution in [3.8, 4) is 0 Å². The van der Waals surface area contributed by atoms with Gasteiger partial charge in [-0.15, -0.1) is 0 Å². The number of carbonyl (C=O) groups is 1. The Bertz CT molecular complexity index is 515. The van der Waals surface area contributed by atoms with Crippen LogP contribution in [0.25, 0.3) is 0 Å². The topological polar surface area (TPSA) is 70.4 Å². The van der Waals surface area contributed by atoms with E-state index in [2.05, 4.69) is 31.0 Å². The molecule has 1 aliphatic carbocycles. The van der Waals surface area contributed by atoms with Gasteiger partial charge in [0.2, 0.25) is 0 Å². The SMILES string of the molecule is CCc1cc(CC[C@@](O)(CC(=O)O)C2CCCC2)cc(CC)n1. The van der Waals surface area contributed by atoms with Gasteiger partial charge in [0.1, 0.15) is 0 Å². The maximum Gasteiger partial charge on any atom is 0.306 e. The minimum Gasteiger partial charge on any atom is -0.481 e. The van der Waals surface area contributed by atoms with Gasteiger partial charge < -0.3 is 10.2 Å². The summed E-state index contributed by atoms with van der Waals surface area (Å²) in [6, 6.07) is 4.18. The van der Waals surface area contributed by atoms with Crippen molar-refractivity contribution < 1.29 is 15.0 Å². The molecule has 1 heterocycles. The Hall–Kier alpha value is -1.42. The van der Waals surface area contributed by atoms with Crippen molar-refractivity contribution in [1.29, 1.82) is 0 Å². The van der Waals surface area contributed by atoms with Gasteiger partial charge in [0.25, 0.3) is 0 Å². The summed E-state index contributed by atoms with van der Waals surface area (Å²) in [6.45, 7) is 4.18. The lowest BCUT2D eigenvalue weighted by Gasteiger charge is -2.33. The fraction of sp³-hybridized carbons (Fsp3) is 0.684.